The summed E-state index contributed by atoms with van der Waals surface area (Å²) in [5, 5.41) is 4.49. The predicted molar refractivity (Wildman–Crippen MR) is 131 cm³/mol. The molecule has 0 saturated carbocycles. The molecule has 0 aliphatic heterocycles. The zero-order valence-electron chi connectivity index (χ0n) is 18.0. The van der Waals surface area contributed by atoms with E-state index in [0.717, 1.165) is 10.5 Å². The van der Waals surface area contributed by atoms with E-state index in [1.165, 1.54) is 11.8 Å². The zero-order chi connectivity index (χ0) is 23.2. The zero-order valence-corrected chi connectivity index (χ0v) is 21.1. The molecule has 1 atom stereocenters. The van der Waals surface area contributed by atoms with Crippen LogP contribution < -0.4 is 5.32 Å². The predicted octanol–water partition coefficient (Wildman–Crippen LogP) is 6.46. The lowest BCUT2D eigenvalue weighted by Gasteiger charge is -2.33. The Bertz CT molecular complexity index is 914. The molecule has 1 N–H and O–H groups in total. The number of amides is 2. The summed E-state index contributed by atoms with van der Waals surface area (Å²) in [4.78, 5) is 28.8. The highest BCUT2D eigenvalue weighted by Gasteiger charge is 2.30. The molecule has 2 aromatic carbocycles. The van der Waals surface area contributed by atoms with E-state index in [1.807, 2.05) is 45.9 Å². The molecule has 0 spiro atoms. The molecule has 8 heteroatoms. The lowest BCUT2D eigenvalue weighted by molar-refractivity contribution is -0.140. The van der Waals surface area contributed by atoms with Gasteiger partial charge in [0.05, 0.1) is 15.8 Å². The van der Waals surface area contributed by atoms with Crippen molar-refractivity contribution >= 4 is 58.4 Å². The monoisotopic (exact) mass is 500 g/mol. The maximum Gasteiger partial charge on any atom is 0.243 e. The molecular weight excluding hydrogens is 475 g/mol. The van der Waals surface area contributed by atoms with E-state index in [0.29, 0.717) is 21.5 Å². The van der Waals surface area contributed by atoms with Crippen LogP contribution in [0.5, 0.6) is 0 Å². The Hall–Kier alpha value is -1.40. The number of carbonyl (C=O) groups excluding carboxylic acids is 2. The highest BCUT2D eigenvalue weighted by Crippen LogP contribution is 2.25. The van der Waals surface area contributed by atoms with Crippen LogP contribution in [0.3, 0.4) is 0 Å². The standard InChI is InChI=1S/C23H27Cl3N2O2S/c1-5-20(22(30)27-23(2,3)4)28(13-15-6-11-18(25)19(26)12-15)21(29)14-31-17-9-7-16(24)8-10-17/h6-12,20H,5,13-14H2,1-4H3,(H,27,30). The molecule has 1 unspecified atom stereocenters. The summed E-state index contributed by atoms with van der Waals surface area (Å²) in [7, 11) is 0. The van der Waals surface area contributed by atoms with E-state index in [9.17, 15) is 9.59 Å². The number of hydrogen-bond acceptors (Lipinski definition) is 3. The van der Waals surface area contributed by atoms with Gasteiger partial charge in [-0.05, 0) is 69.2 Å². The molecule has 0 bridgehead atoms. The fraction of sp³-hybridized carbons (Fsp3) is 0.391. The summed E-state index contributed by atoms with van der Waals surface area (Å²) in [5.74, 6) is -0.121. The molecule has 0 radical (unpaired) electrons. The third-order valence-electron chi connectivity index (χ3n) is 4.40. The molecule has 2 amide bonds. The van der Waals surface area contributed by atoms with Crippen molar-refractivity contribution in [2.45, 2.75) is 57.1 Å². The van der Waals surface area contributed by atoms with Gasteiger partial charge in [0.15, 0.2) is 0 Å². The number of carbonyl (C=O) groups is 2. The van der Waals surface area contributed by atoms with Crippen molar-refractivity contribution in [3.8, 4) is 0 Å². The van der Waals surface area contributed by atoms with Crippen molar-refractivity contribution in [1.82, 2.24) is 10.2 Å². The van der Waals surface area contributed by atoms with Gasteiger partial charge in [0.2, 0.25) is 11.8 Å². The smallest absolute Gasteiger partial charge is 0.243 e. The molecule has 0 aliphatic carbocycles. The van der Waals surface area contributed by atoms with Crippen molar-refractivity contribution in [3.63, 3.8) is 0 Å². The Morgan fingerprint density at radius 2 is 1.68 bits per heavy atom. The minimum atomic E-state index is -0.605. The van der Waals surface area contributed by atoms with E-state index in [1.54, 1.807) is 29.2 Å². The third kappa shape index (κ3) is 8.23. The van der Waals surface area contributed by atoms with Gasteiger partial charge < -0.3 is 10.2 Å². The van der Waals surface area contributed by atoms with E-state index in [2.05, 4.69) is 5.32 Å². The van der Waals surface area contributed by atoms with Crippen LogP contribution in [0.4, 0.5) is 0 Å². The Morgan fingerprint density at radius 3 is 2.23 bits per heavy atom. The summed E-state index contributed by atoms with van der Waals surface area (Å²) in [6.07, 6.45) is 0.487. The van der Waals surface area contributed by atoms with Crippen molar-refractivity contribution < 1.29 is 9.59 Å². The molecule has 168 valence electrons. The Kier molecular flexibility index (Phi) is 9.56. The van der Waals surface area contributed by atoms with Crippen molar-refractivity contribution in [3.05, 3.63) is 63.1 Å². The lowest BCUT2D eigenvalue weighted by Crippen LogP contribution is -2.53. The summed E-state index contributed by atoms with van der Waals surface area (Å²) in [6, 6.07) is 11.9. The summed E-state index contributed by atoms with van der Waals surface area (Å²) < 4.78 is 0. The molecule has 4 nitrogen and oxygen atoms in total. The topological polar surface area (TPSA) is 49.4 Å². The average Bonchev–Trinajstić information content (AvgIpc) is 2.68. The van der Waals surface area contributed by atoms with Gasteiger partial charge >= 0.3 is 0 Å². The largest absolute Gasteiger partial charge is 0.350 e. The molecule has 0 saturated heterocycles. The second-order valence-electron chi connectivity index (χ2n) is 8.18. The minimum Gasteiger partial charge on any atom is -0.350 e. The van der Waals surface area contributed by atoms with Gasteiger partial charge in [-0.2, -0.15) is 0 Å². The number of nitrogens with one attached hydrogen (secondary N) is 1. The Morgan fingerprint density at radius 1 is 1.03 bits per heavy atom. The van der Waals surface area contributed by atoms with Crippen LogP contribution in [-0.4, -0.2) is 34.0 Å². The second kappa shape index (κ2) is 11.5. The second-order valence-corrected chi connectivity index (χ2v) is 10.5. The Balaban J connectivity index is 2.25. The van der Waals surface area contributed by atoms with Gasteiger partial charge in [-0.25, -0.2) is 0 Å². The SMILES string of the molecule is CCC(C(=O)NC(C)(C)C)N(Cc1ccc(Cl)c(Cl)c1)C(=O)CSc1ccc(Cl)cc1. The van der Waals surface area contributed by atoms with Crippen LogP contribution in [-0.2, 0) is 16.1 Å². The highest BCUT2D eigenvalue weighted by molar-refractivity contribution is 8.00. The summed E-state index contributed by atoms with van der Waals surface area (Å²) >= 11 is 19.5. The molecule has 0 heterocycles. The number of rotatable bonds is 8. The van der Waals surface area contributed by atoms with Gasteiger partial charge in [0, 0.05) is 22.0 Å². The molecule has 0 fully saturated rings. The first-order valence-corrected chi connectivity index (χ1v) is 12.1. The molecule has 0 aliphatic rings. The van der Waals surface area contributed by atoms with E-state index in [4.69, 9.17) is 34.8 Å². The summed E-state index contributed by atoms with van der Waals surface area (Å²) in [6.45, 7) is 7.90. The van der Waals surface area contributed by atoms with Crippen LogP contribution in [0.1, 0.15) is 39.7 Å². The van der Waals surface area contributed by atoms with Crippen molar-refractivity contribution in [1.29, 1.82) is 0 Å². The lowest BCUT2D eigenvalue weighted by atomic mass is 10.1. The van der Waals surface area contributed by atoms with Crippen molar-refractivity contribution in [2.24, 2.45) is 0 Å². The van der Waals surface area contributed by atoms with Crippen LogP contribution in [0, 0.1) is 0 Å². The number of nitrogens with zero attached hydrogens (tertiary/aromatic N) is 1. The van der Waals surface area contributed by atoms with Crippen molar-refractivity contribution in [2.75, 3.05) is 5.75 Å². The number of thioether (sulfide) groups is 1. The highest BCUT2D eigenvalue weighted by atomic mass is 35.5. The third-order valence-corrected chi connectivity index (χ3v) is 6.38. The minimum absolute atomic E-state index is 0.137. The van der Waals surface area contributed by atoms with Gasteiger partial charge in [-0.1, -0.05) is 47.8 Å². The molecular formula is C23H27Cl3N2O2S. The van der Waals surface area contributed by atoms with Gasteiger partial charge in [-0.15, -0.1) is 11.8 Å². The molecule has 2 rings (SSSR count). The number of halogens is 3. The fourth-order valence-corrected chi connectivity index (χ4v) is 4.20. The first-order valence-electron chi connectivity index (χ1n) is 9.94. The molecule has 2 aromatic rings. The molecule has 31 heavy (non-hydrogen) atoms. The number of hydrogen-bond donors (Lipinski definition) is 1. The van der Waals surface area contributed by atoms with E-state index < -0.39 is 11.6 Å². The summed E-state index contributed by atoms with van der Waals surface area (Å²) in [5.41, 5.74) is 0.405. The van der Waals surface area contributed by atoms with Crippen LogP contribution >= 0.6 is 46.6 Å². The van der Waals surface area contributed by atoms with Crippen LogP contribution in [0.15, 0.2) is 47.4 Å². The number of benzene rings is 2. The fourth-order valence-electron chi connectivity index (χ4n) is 2.97. The quantitative estimate of drug-likeness (QED) is 0.422. The van der Waals surface area contributed by atoms with Crippen LogP contribution in [0.2, 0.25) is 15.1 Å². The first kappa shape index (κ1) is 25.9. The van der Waals surface area contributed by atoms with E-state index >= 15 is 0 Å². The maximum atomic E-state index is 13.3. The maximum absolute atomic E-state index is 13.3. The average molecular weight is 502 g/mol. The van der Waals surface area contributed by atoms with Gasteiger partial charge in [-0.3, -0.25) is 9.59 Å². The van der Waals surface area contributed by atoms with Gasteiger partial charge in [0.25, 0.3) is 0 Å². The van der Waals surface area contributed by atoms with Crippen LogP contribution in [0.25, 0.3) is 0 Å². The van der Waals surface area contributed by atoms with E-state index in [-0.39, 0.29) is 24.1 Å². The first-order chi connectivity index (χ1) is 14.5. The Labute approximate surface area is 203 Å². The normalized spacial score (nSPS) is 12.4. The van der Waals surface area contributed by atoms with Gasteiger partial charge in [0.1, 0.15) is 6.04 Å². The molecule has 0 aromatic heterocycles.